The molecule has 1 aromatic carbocycles. The average Bonchev–Trinajstić information content (AvgIpc) is 2.22. The van der Waals surface area contributed by atoms with E-state index in [0.29, 0.717) is 5.41 Å². The Morgan fingerprint density at radius 3 is 2.62 bits per heavy atom. The first kappa shape index (κ1) is 11.9. The first-order valence-electron chi connectivity index (χ1n) is 5.93. The lowest BCUT2D eigenvalue weighted by Crippen LogP contribution is -2.14. The van der Waals surface area contributed by atoms with Gasteiger partial charge in [-0.1, -0.05) is 41.9 Å². The van der Waals surface area contributed by atoms with Crippen LogP contribution < -0.4 is 0 Å². The molecule has 0 bridgehead atoms. The molecule has 0 aliphatic heterocycles. The molecule has 0 fully saturated rings. The first-order valence-corrected chi connectivity index (χ1v) is 6.73. The standard InChI is InChI=1S/C15H19Br/c1-11-4-5-13(16)10-14(11)12-6-8-15(2,3)9-7-12/h4-6,10H,7-9H2,1-3H3. The van der Waals surface area contributed by atoms with E-state index in [-0.39, 0.29) is 0 Å². The number of allylic oxidation sites excluding steroid dienone is 2. The molecule has 0 saturated heterocycles. The second-order valence-electron chi connectivity index (χ2n) is 5.56. The highest BCUT2D eigenvalue weighted by atomic mass is 79.9. The van der Waals surface area contributed by atoms with Gasteiger partial charge >= 0.3 is 0 Å². The zero-order valence-corrected chi connectivity index (χ0v) is 11.9. The number of rotatable bonds is 1. The van der Waals surface area contributed by atoms with Crippen molar-refractivity contribution in [3.63, 3.8) is 0 Å². The highest BCUT2D eigenvalue weighted by Crippen LogP contribution is 2.39. The fourth-order valence-electron chi connectivity index (χ4n) is 2.26. The Labute approximate surface area is 107 Å². The summed E-state index contributed by atoms with van der Waals surface area (Å²) in [6.07, 6.45) is 6.14. The van der Waals surface area contributed by atoms with Gasteiger partial charge in [0.1, 0.15) is 0 Å². The van der Waals surface area contributed by atoms with E-state index in [9.17, 15) is 0 Å². The molecule has 1 heteroatoms. The summed E-state index contributed by atoms with van der Waals surface area (Å²) < 4.78 is 1.18. The number of halogens is 1. The molecular formula is C15H19Br. The van der Waals surface area contributed by atoms with Gasteiger partial charge in [-0.2, -0.15) is 0 Å². The SMILES string of the molecule is Cc1ccc(Br)cc1C1=CCC(C)(C)CC1. The summed E-state index contributed by atoms with van der Waals surface area (Å²) in [4.78, 5) is 0. The first-order chi connectivity index (χ1) is 7.48. The Hall–Kier alpha value is -0.560. The largest absolute Gasteiger partial charge is 0.0802 e. The zero-order valence-electron chi connectivity index (χ0n) is 10.3. The van der Waals surface area contributed by atoms with Crippen LogP contribution in [0.3, 0.4) is 0 Å². The van der Waals surface area contributed by atoms with Crippen LogP contribution in [-0.4, -0.2) is 0 Å². The van der Waals surface area contributed by atoms with Crippen molar-refractivity contribution in [3.8, 4) is 0 Å². The van der Waals surface area contributed by atoms with Crippen molar-refractivity contribution < 1.29 is 0 Å². The van der Waals surface area contributed by atoms with E-state index < -0.39 is 0 Å². The van der Waals surface area contributed by atoms with Crippen molar-refractivity contribution in [2.45, 2.75) is 40.0 Å². The molecule has 0 aromatic heterocycles. The van der Waals surface area contributed by atoms with Crippen LogP contribution in [0.1, 0.15) is 44.2 Å². The lowest BCUT2D eigenvalue weighted by atomic mass is 9.76. The van der Waals surface area contributed by atoms with E-state index in [1.54, 1.807) is 0 Å². The summed E-state index contributed by atoms with van der Waals surface area (Å²) >= 11 is 3.56. The quantitative estimate of drug-likeness (QED) is 0.650. The van der Waals surface area contributed by atoms with Gasteiger partial charge in [0, 0.05) is 4.47 Å². The van der Waals surface area contributed by atoms with E-state index in [1.807, 2.05) is 0 Å². The lowest BCUT2D eigenvalue weighted by Gasteiger charge is -2.29. The molecule has 0 nitrogen and oxygen atoms in total. The van der Waals surface area contributed by atoms with Crippen molar-refractivity contribution in [1.29, 1.82) is 0 Å². The Kier molecular flexibility index (Phi) is 3.25. The molecule has 0 atom stereocenters. The predicted molar refractivity (Wildman–Crippen MR) is 74.5 cm³/mol. The molecule has 1 aromatic rings. The van der Waals surface area contributed by atoms with Gasteiger partial charge in [0.05, 0.1) is 0 Å². The molecule has 16 heavy (non-hydrogen) atoms. The maximum Gasteiger partial charge on any atom is 0.0181 e. The van der Waals surface area contributed by atoms with Crippen LogP contribution >= 0.6 is 15.9 Å². The van der Waals surface area contributed by atoms with Crippen molar-refractivity contribution in [1.82, 2.24) is 0 Å². The van der Waals surface area contributed by atoms with Crippen LogP contribution in [-0.2, 0) is 0 Å². The summed E-state index contributed by atoms with van der Waals surface area (Å²) in [5.41, 5.74) is 4.82. The fourth-order valence-corrected chi connectivity index (χ4v) is 2.62. The molecule has 2 rings (SSSR count). The maximum absolute atomic E-state index is 3.56. The smallest absolute Gasteiger partial charge is 0.0181 e. The van der Waals surface area contributed by atoms with E-state index in [2.05, 4.69) is 61.0 Å². The summed E-state index contributed by atoms with van der Waals surface area (Å²) in [7, 11) is 0. The number of hydrogen-bond acceptors (Lipinski definition) is 0. The summed E-state index contributed by atoms with van der Waals surface area (Å²) in [6.45, 7) is 6.91. The highest BCUT2D eigenvalue weighted by Gasteiger charge is 2.22. The van der Waals surface area contributed by atoms with Crippen LogP contribution in [0.2, 0.25) is 0 Å². The van der Waals surface area contributed by atoms with Gasteiger partial charge in [0.2, 0.25) is 0 Å². The van der Waals surface area contributed by atoms with E-state index >= 15 is 0 Å². The average molecular weight is 279 g/mol. The second-order valence-corrected chi connectivity index (χ2v) is 6.47. The third-order valence-corrected chi connectivity index (χ3v) is 4.01. The molecule has 1 aliphatic rings. The molecule has 0 heterocycles. The molecule has 0 spiro atoms. The van der Waals surface area contributed by atoms with E-state index in [1.165, 1.54) is 40.4 Å². The Balaban J connectivity index is 2.32. The summed E-state index contributed by atoms with van der Waals surface area (Å²) in [6, 6.07) is 6.56. The Morgan fingerprint density at radius 1 is 1.25 bits per heavy atom. The maximum atomic E-state index is 3.56. The molecule has 0 unspecified atom stereocenters. The van der Waals surface area contributed by atoms with Crippen molar-refractivity contribution in [2.24, 2.45) is 5.41 Å². The number of aryl methyl sites for hydroxylation is 1. The van der Waals surface area contributed by atoms with Gasteiger partial charge in [-0.05, 0) is 60.4 Å². The third-order valence-electron chi connectivity index (χ3n) is 3.52. The van der Waals surface area contributed by atoms with Gasteiger partial charge in [-0.25, -0.2) is 0 Å². The van der Waals surface area contributed by atoms with Crippen LogP contribution in [0.5, 0.6) is 0 Å². The molecule has 0 radical (unpaired) electrons. The fraction of sp³-hybridized carbons (Fsp3) is 0.467. The van der Waals surface area contributed by atoms with E-state index in [0.717, 1.165) is 0 Å². The second kappa shape index (κ2) is 4.37. The third kappa shape index (κ3) is 2.57. The topological polar surface area (TPSA) is 0 Å². The minimum Gasteiger partial charge on any atom is -0.0802 e. The van der Waals surface area contributed by atoms with Gasteiger partial charge in [-0.15, -0.1) is 0 Å². The van der Waals surface area contributed by atoms with Gasteiger partial charge < -0.3 is 0 Å². The van der Waals surface area contributed by atoms with Crippen LogP contribution in [0.15, 0.2) is 28.7 Å². The van der Waals surface area contributed by atoms with Gasteiger partial charge in [0.25, 0.3) is 0 Å². The number of benzene rings is 1. The van der Waals surface area contributed by atoms with Crippen LogP contribution in [0, 0.1) is 12.3 Å². The Bertz CT molecular complexity index is 427. The normalized spacial score (nSPS) is 19.4. The van der Waals surface area contributed by atoms with Gasteiger partial charge in [-0.3, -0.25) is 0 Å². The van der Waals surface area contributed by atoms with Crippen LogP contribution in [0.25, 0.3) is 5.57 Å². The molecule has 0 saturated carbocycles. The Morgan fingerprint density at radius 2 is 2.00 bits per heavy atom. The van der Waals surface area contributed by atoms with Crippen molar-refractivity contribution in [2.75, 3.05) is 0 Å². The van der Waals surface area contributed by atoms with Crippen molar-refractivity contribution in [3.05, 3.63) is 39.9 Å². The lowest BCUT2D eigenvalue weighted by molar-refractivity contribution is 0.335. The zero-order chi connectivity index (χ0) is 11.8. The number of hydrogen-bond donors (Lipinski definition) is 0. The predicted octanol–water partition coefficient (Wildman–Crippen LogP) is 5.35. The molecular weight excluding hydrogens is 260 g/mol. The minimum atomic E-state index is 0.490. The molecule has 86 valence electrons. The summed E-state index contributed by atoms with van der Waals surface area (Å²) in [5.74, 6) is 0. The molecule has 0 amide bonds. The minimum absolute atomic E-state index is 0.490. The summed E-state index contributed by atoms with van der Waals surface area (Å²) in [5, 5.41) is 0. The van der Waals surface area contributed by atoms with E-state index in [4.69, 9.17) is 0 Å². The highest BCUT2D eigenvalue weighted by molar-refractivity contribution is 9.10. The van der Waals surface area contributed by atoms with Crippen molar-refractivity contribution >= 4 is 21.5 Å². The molecule has 0 N–H and O–H groups in total. The monoisotopic (exact) mass is 278 g/mol. The molecule has 1 aliphatic carbocycles. The van der Waals surface area contributed by atoms with Gasteiger partial charge in [0.15, 0.2) is 0 Å². The van der Waals surface area contributed by atoms with Crippen LogP contribution in [0.4, 0.5) is 0 Å².